The molecular weight excluding hydrogens is 228 g/mol. The largest absolute Gasteiger partial charge is 0.362 e. The molecule has 1 heterocycles. The smallest absolute Gasteiger partial charge is 0.157 e. The minimum absolute atomic E-state index is 0.673. The zero-order chi connectivity index (χ0) is 12.3. The van der Waals surface area contributed by atoms with Gasteiger partial charge in [0, 0.05) is 11.3 Å². The van der Waals surface area contributed by atoms with Crippen molar-refractivity contribution in [1.82, 2.24) is 5.32 Å². The Morgan fingerprint density at radius 2 is 2.18 bits per heavy atom. The normalized spacial score (nSPS) is 37.2. The van der Waals surface area contributed by atoms with Crippen molar-refractivity contribution in [3.05, 3.63) is 0 Å². The molecule has 2 nitrogen and oxygen atoms in total. The summed E-state index contributed by atoms with van der Waals surface area (Å²) >= 11 is 1.97. The maximum atomic E-state index is 4.65. The van der Waals surface area contributed by atoms with Crippen LogP contribution in [0.25, 0.3) is 0 Å². The minimum Gasteiger partial charge on any atom is -0.362 e. The van der Waals surface area contributed by atoms with Gasteiger partial charge in [-0.15, -0.1) is 0 Å². The van der Waals surface area contributed by atoms with Gasteiger partial charge in [0.15, 0.2) is 5.17 Å². The van der Waals surface area contributed by atoms with E-state index in [0.29, 0.717) is 6.04 Å². The number of nitrogens with one attached hydrogen (secondary N) is 1. The van der Waals surface area contributed by atoms with E-state index >= 15 is 0 Å². The lowest BCUT2D eigenvalue weighted by Gasteiger charge is -2.21. The summed E-state index contributed by atoms with van der Waals surface area (Å²) in [6.07, 6.45) is 6.64. The fourth-order valence-corrected chi connectivity index (χ4v) is 4.34. The van der Waals surface area contributed by atoms with Crippen molar-refractivity contribution in [2.45, 2.75) is 64.2 Å². The predicted octanol–water partition coefficient (Wildman–Crippen LogP) is 3.67. The Kier molecular flexibility index (Phi) is 4.78. The van der Waals surface area contributed by atoms with Crippen LogP contribution in [0.4, 0.5) is 0 Å². The first-order valence-electron chi connectivity index (χ1n) is 7.22. The molecule has 0 amide bonds. The summed E-state index contributed by atoms with van der Waals surface area (Å²) in [5.74, 6) is 1.74. The standard InChI is InChI=1S/C14H26N2S/c1-4-6-12-9-15-14(17-12)16-13-8-7-11(5-2)10(13)3/h10-13H,4-9H2,1-3H3,(H,15,16). The lowest BCUT2D eigenvalue weighted by atomic mass is 9.94. The van der Waals surface area contributed by atoms with Crippen LogP contribution in [-0.4, -0.2) is 23.0 Å². The van der Waals surface area contributed by atoms with E-state index in [2.05, 4.69) is 31.1 Å². The molecule has 1 N–H and O–H groups in total. The van der Waals surface area contributed by atoms with Crippen LogP contribution < -0.4 is 5.32 Å². The van der Waals surface area contributed by atoms with Gasteiger partial charge < -0.3 is 5.32 Å². The monoisotopic (exact) mass is 254 g/mol. The van der Waals surface area contributed by atoms with Gasteiger partial charge in [-0.05, 0) is 31.1 Å². The molecule has 1 fully saturated rings. The number of amidine groups is 1. The van der Waals surface area contributed by atoms with E-state index in [-0.39, 0.29) is 0 Å². The zero-order valence-corrected chi connectivity index (χ0v) is 12.2. The van der Waals surface area contributed by atoms with Gasteiger partial charge in [0.1, 0.15) is 0 Å². The molecule has 0 saturated heterocycles. The van der Waals surface area contributed by atoms with Crippen LogP contribution in [0.5, 0.6) is 0 Å². The highest BCUT2D eigenvalue weighted by molar-refractivity contribution is 8.14. The van der Waals surface area contributed by atoms with Gasteiger partial charge in [-0.2, -0.15) is 0 Å². The highest BCUT2D eigenvalue weighted by Crippen LogP contribution is 2.35. The Hall–Kier alpha value is -0.180. The van der Waals surface area contributed by atoms with Crippen LogP contribution >= 0.6 is 11.8 Å². The first kappa shape index (κ1) is 13.3. The lowest BCUT2D eigenvalue weighted by Crippen LogP contribution is -2.35. The Balaban J connectivity index is 1.79. The van der Waals surface area contributed by atoms with Crippen LogP contribution in [0, 0.1) is 11.8 Å². The van der Waals surface area contributed by atoms with E-state index < -0.39 is 0 Å². The van der Waals surface area contributed by atoms with Crippen molar-refractivity contribution < 1.29 is 0 Å². The third kappa shape index (κ3) is 3.18. The molecule has 98 valence electrons. The molecule has 0 spiro atoms. The number of hydrogen-bond acceptors (Lipinski definition) is 3. The fraction of sp³-hybridized carbons (Fsp3) is 0.929. The molecular formula is C14H26N2S. The van der Waals surface area contributed by atoms with Gasteiger partial charge in [0.2, 0.25) is 0 Å². The van der Waals surface area contributed by atoms with E-state index in [4.69, 9.17) is 0 Å². The highest BCUT2D eigenvalue weighted by atomic mass is 32.2. The van der Waals surface area contributed by atoms with Gasteiger partial charge >= 0.3 is 0 Å². The van der Waals surface area contributed by atoms with Crippen LogP contribution in [0.3, 0.4) is 0 Å². The minimum atomic E-state index is 0.673. The molecule has 2 aliphatic rings. The maximum Gasteiger partial charge on any atom is 0.157 e. The second kappa shape index (κ2) is 6.12. The van der Waals surface area contributed by atoms with Crippen LogP contribution in [0.1, 0.15) is 52.9 Å². The van der Waals surface area contributed by atoms with Gasteiger partial charge in [0.05, 0.1) is 6.54 Å². The van der Waals surface area contributed by atoms with Crippen LogP contribution in [-0.2, 0) is 0 Å². The first-order valence-corrected chi connectivity index (χ1v) is 8.10. The Bertz CT molecular complexity index is 277. The number of hydrogen-bond donors (Lipinski definition) is 1. The van der Waals surface area contributed by atoms with Crippen LogP contribution in [0.15, 0.2) is 4.99 Å². The summed E-state index contributed by atoms with van der Waals surface area (Å²) in [4.78, 5) is 4.65. The molecule has 0 aromatic carbocycles. The molecule has 17 heavy (non-hydrogen) atoms. The molecule has 1 aliphatic heterocycles. The summed E-state index contributed by atoms with van der Waals surface area (Å²) in [6, 6.07) is 0.673. The van der Waals surface area contributed by atoms with Crippen molar-refractivity contribution in [3.8, 4) is 0 Å². The molecule has 0 radical (unpaired) electrons. The van der Waals surface area contributed by atoms with Gasteiger partial charge in [0.25, 0.3) is 0 Å². The van der Waals surface area contributed by atoms with E-state index in [1.165, 1.54) is 37.3 Å². The second-order valence-electron chi connectivity index (χ2n) is 5.53. The molecule has 2 rings (SSSR count). The van der Waals surface area contributed by atoms with Gasteiger partial charge in [-0.1, -0.05) is 45.4 Å². The summed E-state index contributed by atoms with van der Waals surface area (Å²) in [5.41, 5.74) is 0. The van der Waals surface area contributed by atoms with E-state index in [1.807, 2.05) is 11.8 Å². The molecule has 0 aromatic rings. The highest BCUT2D eigenvalue weighted by Gasteiger charge is 2.33. The number of thioether (sulfide) groups is 1. The van der Waals surface area contributed by atoms with Crippen molar-refractivity contribution in [1.29, 1.82) is 0 Å². The van der Waals surface area contributed by atoms with Crippen LogP contribution in [0.2, 0.25) is 0 Å². The van der Waals surface area contributed by atoms with Crippen molar-refractivity contribution >= 4 is 16.9 Å². The summed E-state index contributed by atoms with van der Waals surface area (Å²) in [6.45, 7) is 8.02. The summed E-state index contributed by atoms with van der Waals surface area (Å²) in [7, 11) is 0. The van der Waals surface area contributed by atoms with Gasteiger partial charge in [-0.25, -0.2) is 0 Å². The molecule has 0 bridgehead atoms. The third-order valence-electron chi connectivity index (χ3n) is 4.39. The number of aliphatic imine (C=N–C) groups is 1. The molecule has 1 saturated carbocycles. The van der Waals surface area contributed by atoms with E-state index in [0.717, 1.165) is 23.6 Å². The second-order valence-corrected chi connectivity index (χ2v) is 6.82. The maximum absolute atomic E-state index is 4.65. The third-order valence-corrected chi connectivity index (χ3v) is 5.58. The molecule has 0 aromatic heterocycles. The molecule has 1 aliphatic carbocycles. The summed E-state index contributed by atoms with van der Waals surface area (Å²) < 4.78 is 0. The van der Waals surface area contributed by atoms with E-state index in [1.54, 1.807) is 0 Å². The molecule has 4 atom stereocenters. The number of nitrogens with zero attached hydrogens (tertiary/aromatic N) is 1. The quantitative estimate of drug-likeness (QED) is 0.828. The Morgan fingerprint density at radius 1 is 1.35 bits per heavy atom. The Morgan fingerprint density at radius 3 is 2.82 bits per heavy atom. The van der Waals surface area contributed by atoms with Crippen molar-refractivity contribution in [3.63, 3.8) is 0 Å². The average molecular weight is 254 g/mol. The summed E-state index contributed by atoms with van der Waals surface area (Å²) in [5, 5.41) is 5.65. The van der Waals surface area contributed by atoms with Crippen molar-refractivity contribution in [2.75, 3.05) is 6.54 Å². The fourth-order valence-electron chi connectivity index (χ4n) is 3.16. The number of rotatable bonds is 4. The SMILES string of the molecule is CCCC1CN=C(NC2CCC(CC)C2C)S1. The Labute approximate surface area is 110 Å². The first-order chi connectivity index (χ1) is 8.24. The van der Waals surface area contributed by atoms with E-state index in [9.17, 15) is 0 Å². The predicted molar refractivity (Wildman–Crippen MR) is 77.7 cm³/mol. The molecule has 3 heteroatoms. The lowest BCUT2D eigenvalue weighted by molar-refractivity contribution is 0.369. The average Bonchev–Trinajstić information content (AvgIpc) is 2.89. The molecule has 4 unspecified atom stereocenters. The topological polar surface area (TPSA) is 24.4 Å². The zero-order valence-electron chi connectivity index (χ0n) is 11.4. The van der Waals surface area contributed by atoms with Crippen molar-refractivity contribution in [2.24, 2.45) is 16.8 Å². The van der Waals surface area contributed by atoms with Gasteiger partial charge in [-0.3, -0.25) is 4.99 Å².